The molecule has 0 amide bonds. The van der Waals surface area contributed by atoms with Crippen molar-refractivity contribution in [3.05, 3.63) is 88.9 Å². The summed E-state index contributed by atoms with van der Waals surface area (Å²) < 4.78 is 11.0. The molecule has 1 unspecified atom stereocenters. The van der Waals surface area contributed by atoms with E-state index in [-0.39, 0.29) is 34.4 Å². The van der Waals surface area contributed by atoms with E-state index in [2.05, 4.69) is 0 Å². The molecule has 0 aliphatic carbocycles. The largest absolute Gasteiger partial charge is 1.00 e. The van der Waals surface area contributed by atoms with E-state index in [1.807, 2.05) is 54.6 Å². The van der Waals surface area contributed by atoms with Crippen molar-refractivity contribution in [2.75, 3.05) is 7.11 Å². The Hall–Kier alpha value is -1.75. The van der Waals surface area contributed by atoms with Crippen LogP contribution in [0.2, 0.25) is 5.02 Å². The molecule has 0 aromatic heterocycles. The molecule has 3 nitrogen and oxygen atoms in total. The van der Waals surface area contributed by atoms with Gasteiger partial charge in [0, 0.05) is 0 Å². The SMILES string of the molecule is COc1cccc(Cl)c1C(=O)Pc1ccc(OCc2ccccc2)cc1.[H-].[Li+]. The third-order valence-corrected chi connectivity index (χ3v) is 5.20. The van der Waals surface area contributed by atoms with Crippen molar-refractivity contribution < 1.29 is 34.6 Å². The van der Waals surface area contributed by atoms with Crippen molar-refractivity contribution in [2.24, 2.45) is 0 Å². The number of carbonyl (C=O) groups excluding carboxylic acids is 1. The average molecular weight is 393 g/mol. The van der Waals surface area contributed by atoms with Gasteiger partial charge in [0.15, 0.2) is 5.52 Å². The van der Waals surface area contributed by atoms with E-state index in [0.717, 1.165) is 16.6 Å². The van der Waals surface area contributed by atoms with Gasteiger partial charge < -0.3 is 10.9 Å². The van der Waals surface area contributed by atoms with Gasteiger partial charge in [0.25, 0.3) is 0 Å². The number of benzene rings is 3. The molecule has 0 saturated heterocycles. The van der Waals surface area contributed by atoms with E-state index < -0.39 is 0 Å². The number of halogens is 1. The number of methoxy groups -OCH3 is 1. The third-order valence-electron chi connectivity index (χ3n) is 3.78. The van der Waals surface area contributed by atoms with Crippen molar-refractivity contribution in [3.8, 4) is 11.5 Å². The van der Waals surface area contributed by atoms with E-state index in [1.54, 1.807) is 18.2 Å². The van der Waals surface area contributed by atoms with Crippen LogP contribution in [0.15, 0.2) is 72.8 Å². The molecule has 0 radical (unpaired) electrons. The molecule has 134 valence electrons. The molecule has 3 aromatic rings. The molecule has 0 aliphatic rings. The average Bonchev–Trinajstić information content (AvgIpc) is 2.68. The Bertz CT molecular complexity index is 892. The second-order valence-electron chi connectivity index (χ2n) is 5.57. The molecule has 0 heterocycles. The molecule has 0 spiro atoms. The van der Waals surface area contributed by atoms with E-state index in [1.165, 1.54) is 7.11 Å². The van der Waals surface area contributed by atoms with E-state index in [4.69, 9.17) is 21.1 Å². The van der Waals surface area contributed by atoms with Gasteiger partial charge in [-0.1, -0.05) is 60.1 Å². The third kappa shape index (κ3) is 5.86. The van der Waals surface area contributed by atoms with E-state index >= 15 is 0 Å². The Kier molecular flexibility index (Phi) is 8.42. The molecule has 6 heteroatoms. The Morgan fingerprint density at radius 1 is 1.00 bits per heavy atom. The predicted molar refractivity (Wildman–Crippen MR) is 109 cm³/mol. The molecule has 0 fully saturated rings. The summed E-state index contributed by atoms with van der Waals surface area (Å²) in [6.45, 7) is 0.512. The van der Waals surface area contributed by atoms with Gasteiger partial charge in [-0.25, -0.2) is 0 Å². The van der Waals surface area contributed by atoms with Crippen LogP contribution in [0, 0.1) is 0 Å². The first-order valence-corrected chi connectivity index (χ1v) is 9.46. The zero-order valence-electron chi connectivity index (χ0n) is 16.2. The van der Waals surface area contributed by atoms with Gasteiger partial charge in [-0.3, -0.25) is 4.79 Å². The van der Waals surface area contributed by atoms with Crippen LogP contribution < -0.4 is 33.6 Å². The number of carbonyl (C=O) groups is 1. The number of ether oxygens (including phenoxy) is 2. The Balaban J connectivity index is 0.00000196. The first kappa shape index (κ1) is 21.5. The van der Waals surface area contributed by atoms with Crippen LogP contribution in [-0.2, 0) is 6.61 Å². The van der Waals surface area contributed by atoms with Crippen molar-refractivity contribution in [1.82, 2.24) is 0 Å². The van der Waals surface area contributed by atoms with Crippen LogP contribution in [0.4, 0.5) is 0 Å². The monoisotopic (exact) mass is 392 g/mol. The Morgan fingerprint density at radius 3 is 2.37 bits per heavy atom. The van der Waals surface area contributed by atoms with Crippen LogP contribution in [0.5, 0.6) is 11.5 Å². The van der Waals surface area contributed by atoms with Crippen molar-refractivity contribution in [1.29, 1.82) is 0 Å². The summed E-state index contributed by atoms with van der Waals surface area (Å²) in [6.07, 6.45) is 0. The minimum absolute atomic E-state index is 0. The van der Waals surface area contributed by atoms with Crippen molar-refractivity contribution >= 4 is 31.0 Å². The summed E-state index contributed by atoms with van der Waals surface area (Å²) in [6, 6.07) is 22.7. The summed E-state index contributed by atoms with van der Waals surface area (Å²) in [5.74, 6) is 1.27. The molecule has 1 atom stereocenters. The Morgan fingerprint density at radius 2 is 1.70 bits per heavy atom. The van der Waals surface area contributed by atoms with Crippen LogP contribution in [0.25, 0.3) is 0 Å². The first-order chi connectivity index (χ1) is 12.7. The molecule has 0 bridgehead atoms. The van der Waals surface area contributed by atoms with Crippen LogP contribution >= 0.6 is 20.2 Å². The molecule has 0 aliphatic heterocycles. The van der Waals surface area contributed by atoms with Gasteiger partial charge >= 0.3 is 18.9 Å². The number of rotatable bonds is 7. The van der Waals surface area contributed by atoms with Crippen LogP contribution in [0.3, 0.4) is 0 Å². The van der Waals surface area contributed by atoms with E-state index in [9.17, 15) is 4.79 Å². The molecule has 3 rings (SSSR count). The fourth-order valence-electron chi connectivity index (χ4n) is 2.46. The summed E-state index contributed by atoms with van der Waals surface area (Å²) in [4.78, 5) is 12.6. The zero-order valence-corrected chi connectivity index (χ0v) is 17.0. The molecular formula is C21H19ClLiO3P. The van der Waals surface area contributed by atoms with Crippen molar-refractivity contribution in [2.45, 2.75) is 6.61 Å². The normalized spacial score (nSPS) is 10.4. The maximum absolute atomic E-state index is 12.6. The molecule has 3 aromatic carbocycles. The Labute approximate surface area is 179 Å². The maximum Gasteiger partial charge on any atom is 1.00 e. The van der Waals surface area contributed by atoms with Gasteiger partial charge in [-0.05, 0) is 43.7 Å². The maximum atomic E-state index is 12.6. The summed E-state index contributed by atoms with van der Waals surface area (Å²) in [5, 5.41) is 1.33. The summed E-state index contributed by atoms with van der Waals surface area (Å²) >= 11 is 6.18. The van der Waals surface area contributed by atoms with Crippen LogP contribution in [-0.4, -0.2) is 12.6 Å². The summed E-state index contributed by atoms with van der Waals surface area (Å²) in [7, 11) is 1.50. The second-order valence-corrected chi connectivity index (χ2v) is 7.26. The smallest absolute Gasteiger partial charge is 1.00 e. The fraction of sp³-hybridized carbons (Fsp3) is 0.0952. The number of hydrogen-bond acceptors (Lipinski definition) is 3. The van der Waals surface area contributed by atoms with Gasteiger partial charge in [0.05, 0.1) is 17.7 Å². The molecule has 0 N–H and O–H groups in total. The van der Waals surface area contributed by atoms with E-state index in [0.29, 0.717) is 22.9 Å². The fourth-order valence-corrected chi connectivity index (χ4v) is 3.77. The first-order valence-electron chi connectivity index (χ1n) is 8.08. The minimum Gasteiger partial charge on any atom is -1.00 e. The summed E-state index contributed by atoms with van der Waals surface area (Å²) in [5.41, 5.74) is 1.49. The van der Waals surface area contributed by atoms with Gasteiger partial charge in [0.2, 0.25) is 0 Å². The van der Waals surface area contributed by atoms with Crippen molar-refractivity contribution in [3.63, 3.8) is 0 Å². The van der Waals surface area contributed by atoms with Gasteiger partial charge in [-0.2, -0.15) is 0 Å². The molecular weight excluding hydrogens is 374 g/mol. The predicted octanol–water partition coefficient (Wildman–Crippen LogP) is 2.19. The standard InChI is InChI=1S/C21H18ClO3P.Li.H/c1-24-19-9-5-8-18(22)20(19)21(23)26-17-12-10-16(11-13-17)25-14-15-6-3-2-4-7-15;;/h2-13,26H,14H2,1H3;;/q;+1;-1. The van der Waals surface area contributed by atoms with Gasteiger partial charge in [-0.15, -0.1) is 0 Å². The zero-order chi connectivity index (χ0) is 18.4. The topological polar surface area (TPSA) is 35.5 Å². The van der Waals surface area contributed by atoms with Crippen LogP contribution in [0.1, 0.15) is 17.3 Å². The van der Waals surface area contributed by atoms with Gasteiger partial charge in [0.1, 0.15) is 18.1 Å². The molecule has 27 heavy (non-hydrogen) atoms. The second kappa shape index (κ2) is 10.5. The quantitative estimate of drug-likeness (QED) is 0.457. The molecule has 0 saturated carbocycles. The minimum atomic E-state index is -0.0506. The number of hydrogen-bond donors (Lipinski definition) is 0.